The molecule has 1 heterocycles. The van der Waals surface area contributed by atoms with Crippen LogP contribution in [0.15, 0.2) is 24.3 Å². The van der Waals surface area contributed by atoms with E-state index in [1.165, 1.54) is 30.1 Å². The van der Waals surface area contributed by atoms with Crippen LogP contribution in [0.1, 0.15) is 22.5 Å². The fourth-order valence-electron chi connectivity index (χ4n) is 2.36. The molecule has 1 N–H and O–H groups in total. The lowest BCUT2D eigenvalue weighted by Gasteiger charge is -2.16. The van der Waals surface area contributed by atoms with E-state index in [-0.39, 0.29) is 29.1 Å². The first-order valence-electron chi connectivity index (χ1n) is 8.22. The highest BCUT2D eigenvalue weighted by molar-refractivity contribution is 7.20. The lowest BCUT2D eigenvalue weighted by Crippen LogP contribution is -2.40. The first kappa shape index (κ1) is 18.8. The van der Waals surface area contributed by atoms with Crippen LogP contribution in [0.25, 0.3) is 10.1 Å². The van der Waals surface area contributed by atoms with E-state index in [4.69, 9.17) is 4.74 Å². The van der Waals surface area contributed by atoms with Crippen molar-refractivity contribution >= 4 is 44.9 Å². The first-order valence-corrected chi connectivity index (χ1v) is 9.03. The quantitative estimate of drug-likeness (QED) is 0.436. The standard InChI is InChI=1S/C17H17N3O6S/c1-19(8-15(21)18-11-2-3-11)16(22)9-26-17(23)14-7-10-6-12(20(24)25)4-5-13(10)27-14/h4-7,11H,2-3,8-9H2,1H3,(H,18,21). The van der Waals surface area contributed by atoms with Crippen LogP contribution in [0.2, 0.25) is 0 Å². The van der Waals surface area contributed by atoms with Crippen LogP contribution in [0.4, 0.5) is 5.69 Å². The van der Waals surface area contributed by atoms with Gasteiger partial charge in [-0.25, -0.2) is 4.79 Å². The maximum Gasteiger partial charge on any atom is 0.348 e. The van der Waals surface area contributed by atoms with Gasteiger partial charge in [0.1, 0.15) is 4.88 Å². The summed E-state index contributed by atoms with van der Waals surface area (Å²) in [5.41, 5.74) is -0.0681. The largest absolute Gasteiger partial charge is 0.451 e. The molecule has 3 rings (SSSR count). The van der Waals surface area contributed by atoms with E-state index < -0.39 is 23.4 Å². The zero-order valence-electron chi connectivity index (χ0n) is 14.5. The summed E-state index contributed by atoms with van der Waals surface area (Å²) in [7, 11) is 1.46. The van der Waals surface area contributed by atoms with Crippen molar-refractivity contribution in [1.82, 2.24) is 10.2 Å². The molecule has 27 heavy (non-hydrogen) atoms. The van der Waals surface area contributed by atoms with Crippen molar-refractivity contribution in [2.45, 2.75) is 18.9 Å². The number of thiophene rings is 1. The number of carbonyl (C=O) groups excluding carboxylic acids is 3. The molecule has 10 heteroatoms. The summed E-state index contributed by atoms with van der Waals surface area (Å²) in [6.45, 7) is -0.583. The Balaban J connectivity index is 1.54. The molecule has 1 aromatic carbocycles. The predicted octanol–water partition coefficient (Wildman–Crippen LogP) is 1.70. The second-order valence-electron chi connectivity index (χ2n) is 6.26. The number of hydrogen-bond acceptors (Lipinski definition) is 7. The summed E-state index contributed by atoms with van der Waals surface area (Å²) in [6, 6.07) is 6.00. The zero-order valence-corrected chi connectivity index (χ0v) is 15.3. The smallest absolute Gasteiger partial charge is 0.348 e. The molecule has 9 nitrogen and oxygen atoms in total. The minimum Gasteiger partial charge on any atom is -0.451 e. The molecule has 0 atom stereocenters. The van der Waals surface area contributed by atoms with Crippen molar-refractivity contribution in [2.75, 3.05) is 20.2 Å². The number of benzene rings is 1. The molecule has 2 amide bonds. The number of carbonyl (C=O) groups is 3. The summed E-state index contributed by atoms with van der Waals surface area (Å²) in [6.07, 6.45) is 1.92. The van der Waals surface area contributed by atoms with Gasteiger partial charge in [-0.2, -0.15) is 0 Å². The molecule has 2 aromatic rings. The predicted molar refractivity (Wildman–Crippen MR) is 97.6 cm³/mol. The minimum absolute atomic E-state index is 0.0681. The van der Waals surface area contributed by atoms with Gasteiger partial charge < -0.3 is 15.0 Å². The summed E-state index contributed by atoms with van der Waals surface area (Å²) >= 11 is 1.12. The summed E-state index contributed by atoms with van der Waals surface area (Å²) in [4.78, 5) is 47.6. The van der Waals surface area contributed by atoms with Crippen molar-refractivity contribution in [3.05, 3.63) is 39.3 Å². The van der Waals surface area contributed by atoms with Gasteiger partial charge in [0.25, 0.3) is 11.6 Å². The molecular weight excluding hydrogens is 374 g/mol. The number of nitrogens with zero attached hydrogens (tertiary/aromatic N) is 2. The van der Waals surface area contributed by atoms with Gasteiger partial charge in [-0.1, -0.05) is 0 Å². The van der Waals surface area contributed by atoms with Crippen LogP contribution in [0.3, 0.4) is 0 Å². The lowest BCUT2D eigenvalue weighted by atomic mass is 10.2. The highest BCUT2D eigenvalue weighted by atomic mass is 32.1. The zero-order chi connectivity index (χ0) is 19.6. The number of hydrogen-bond donors (Lipinski definition) is 1. The third-order valence-corrected chi connectivity index (χ3v) is 5.08. The van der Waals surface area contributed by atoms with Crippen molar-refractivity contribution in [3.63, 3.8) is 0 Å². The van der Waals surface area contributed by atoms with Gasteiger partial charge in [0.15, 0.2) is 6.61 Å². The fourth-order valence-corrected chi connectivity index (χ4v) is 3.29. The van der Waals surface area contributed by atoms with E-state index in [1.54, 1.807) is 6.07 Å². The van der Waals surface area contributed by atoms with E-state index >= 15 is 0 Å². The van der Waals surface area contributed by atoms with Gasteiger partial charge >= 0.3 is 5.97 Å². The molecule has 1 aromatic heterocycles. The molecule has 0 radical (unpaired) electrons. The second kappa shape index (κ2) is 7.70. The SMILES string of the molecule is CN(CC(=O)NC1CC1)C(=O)COC(=O)c1cc2cc([N+](=O)[O-])ccc2s1. The minimum atomic E-state index is -0.692. The van der Waals surface area contributed by atoms with Crippen LogP contribution in [0.5, 0.6) is 0 Å². The number of nitro groups is 1. The number of non-ortho nitro benzene ring substituents is 1. The van der Waals surface area contributed by atoms with E-state index in [9.17, 15) is 24.5 Å². The number of ether oxygens (including phenoxy) is 1. The molecule has 0 spiro atoms. The number of nitrogens with one attached hydrogen (secondary N) is 1. The molecule has 0 saturated heterocycles. The van der Waals surface area contributed by atoms with E-state index in [2.05, 4.69) is 5.32 Å². The molecule has 1 fully saturated rings. The first-order chi connectivity index (χ1) is 12.8. The Morgan fingerprint density at radius 3 is 2.74 bits per heavy atom. The maximum atomic E-state index is 12.1. The Morgan fingerprint density at radius 1 is 1.33 bits per heavy atom. The Hall–Kier alpha value is -3.01. The topological polar surface area (TPSA) is 119 Å². The van der Waals surface area contributed by atoms with Crippen molar-refractivity contribution in [2.24, 2.45) is 0 Å². The number of rotatable bonds is 7. The Morgan fingerprint density at radius 2 is 2.07 bits per heavy atom. The summed E-state index contributed by atoms with van der Waals surface area (Å²) in [5.74, 6) is -1.43. The number of esters is 1. The monoisotopic (exact) mass is 391 g/mol. The third-order valence-electron chi connectivity index (χ3n) is 3.99. The Kier molecular flexibility index (Phi) is 5.36. The second-order valence-corrected chi connectivity index (χ2v) is 7.34. The lowest BCUT2D eigenvalue weighted by molar-refractivity contribution is -0.384. The van der Waals surface area contributed by atoms with Crippen LogP contribution in [0, 0.1) is 10.1 Å². The normalized spacial score (nSPS) is 13.2. The number of amides is 2. The van der Waals surface area contributed by atoms with Gasteiger partial charge in [-0.15, -0.1) is 11.3 Å². The van der Waals surface area contributed by atoms with Crippen molar-refractivity contribution in [3.8, 4) is 0 Å². The van der Waals surface area contributed by atoms with E-state index in [0.717, 1.165) is 24.2 Å². The van der Waals surface area contributed by atoms with Crippen LogP contribution < -0.4 is 5.32 Å². The molecule has 1 aliphatic rings. The number of likely N-dealkylation sites (N-methyl/N-ethyl adjacent to an activating group) is 1. The summed E-state index contributed by atoms with van der Waals surface area (Å²) < 4.78 is 5.71. The highest BCUT2D eigenvalue weighted by Crippen LogP contribution is 2.29. The van der Waals surface area contributed by atoms with Gasteiger partial charge in [-0.3, -0.25) is 19.7 Å². The average molecular weight is 391 g/mol. The maximum absolute atomic E-state index is 12.1. The third kappa shape index (κ3) is 4.79. The highest BCUT2D eigenvalue weighted by Gasteiger charge is 2.24. The molecule has 0 unspecified atom stereocenters. The van der Waals surface area contributed by atoms with E-state index in [1.807, 2.05) is 0 Å². The fraction of sp³-hybridized carbons (Fsp3) is 0.353. The van der Waals surface area contributed by atoms with Gasteiger partial charge in [0.05, 0.1) is 11.5 Å². The number of fused-ring (bicyclic) bond motifs is 1. The molecular formula is C17H17N3O6S. The van der Waals surface area contributed by atoms with Crippen molar-refractivity contribution in [1.29, 1.82) is 0 Å². The van der Waals surface area contributed by atoms with Crippen LogP contribution in [-0.4, -0.2) is 53.8 Å². The molecule has 0 bridgehead atoms. The van der Waals surface area contributed by atoms with E-state index in [0.29, 0.717) is 10.1 Å². The molecule has 0 aliphatic heterocycles. The average Bonchev–Trinajstić information content (AvgIpc) is 3.32. The van der Waals surface area contributed by atoms with Crippen LogP contribution in [-0.2, 0) is 14.3 Å². The molecule has 142 valence electrons. The van der Waals surface area contributed by atoms with Gasteiger partial charge in [0, 0.05) is 35.3 Å². The Labute approximate surface area is 158 Å². The van der Waals surface area contributed by atoms with Gasteiger partial charge in [0.2, 0.25) is 5.91 Å². The Bertz CT molecular complexity index is 921. The molecule has 1 aliphatic carbocycles. The number of nitro benzene ring substituents is 1. The molecule has 1 saturated carbocycles. The van der Waals surface area contributed by atoms with Crippen molar-refractivity contribution < 1.29 is 24.0 Å². The van der Waals surface area contributed by atoms with Crippen LogP contribution >= 0.6 is 11.3 Å². The summed E-state index contributed by atoms with van der Waals surface area (Å²) in [5, 5.41) is 14.1. The van der Waals surface area contributed by atoms with Gasteiger partial charge in [-0.05, 0) is 25.0 Å².